The molecule has 2 nitrogen and oxygen atoms in total. The lowest BCUT2D eigenvalue weighted by Gasteiger charge is -2.24. The van der Waals surface area contributed by atoms with Crippen LogP contribution in [0.25, 0.3) is 10.9 Å². The van der Waals surface area contributed by atoms with Gasteiger partial charge in [-0.25, -0.2) is 4.98 Å². The van der Waals surface area contributed by atoms with Crippen molar-refractivity contribution < 1.29 is 0 Å². The number of hydrogen-bond acceptors (Lipinski definition) is 3. The molecule has 3 aromatic rings. The summed E-state index contributed by atoms with van der Waals surface area (Å²) in [7, 11) is 2.13. The predicted molar refractivity (Wildman–Crippen MR) is 95.7 cm³/mol. The lowest BCUT2D eigenvalue weighted by molar-refractivity contribution is 0.256. The Hall–Kier alpha value is -1.42. The van der Waals surface area contributed by atoms with Gasteiger partial charge in [0.2, 0.25) is 0 Å². The predicted octanol–water partition coefficient (Wildman–Crippen LogP) is 5.45. The maximum atomic E-state index is 6.39. The molecule has 0 aliphatic heterocycles. The van der Waals surface area contributed by atoms with Crippen LogP contribution >= 0.6 is 22.9 Å². The molecule has 0 N–H and O–H groups in total. The summed E-state index contributed by atoms with van der Waals surface area (Å²) in [5.41, 5.74) is 3.24. The third-order valence-corrected chi connectivity index (χ3v) is 5.40. The zero-order valence-corrected chi connectivity index (χ0v) is 14.6. The molecule has 1 atom stereocenters. The van der Waals surface area contributed by atoms with Crippen LogP contribution in [-0.4, -0.2) is 16.9 Å². The fourth-order valence-electron chi connectivity index (χ4n) is 2.56. The highest BCUT2D eigenvalue weighted by Crippen LogP contribution is 2.27. The minimum absolute atomic E-state index is 0.366. The molecule has 0 aliphatic carbocycles. The molecule has 0 aliphatic rings. The SMILES string of the molecule is Cc1ccc2cc(CN(C)C(C)c3cccs3)c(Cl)nc2c1. The number of benzene rings is 1. The lowest BCUT2D eigenvalue weighted by atomic mass is 10.1. The molecular weight excluding hydrogens is 312 g/mol. The van der Waals surface area contributed by atoms with Crippen LogP contribution in [0.4, 0.5) is 0 Å². The Morgan fingerprint density at radius 3 is 2.82 bits per heavy atom. The number of aromatic nitrogens is 1. The average Bonchev–Trinajstić information content (AvgIpc) is 3.01. The van der Waals surface area contributed by atoms with E-state index in [2.05, 4.69) is 72.6 Å². The Bertz CT molecular complexity index is 783. The van der Waals surface area contributed by atoms with Crippen molar-refractivity contribution in [2.24, 2.45) is 0 Å². The monoisotopic (exact) mass is 330 g/mol. The topological polar surface area (TPSA) is 16.1 Å². The number of nitrogens with zero attached hydrogens (tertiary/aromatic N) is 2. The fourth-order valence-corrected chi connectivity index (χ4v) is 3.61. The molecule has 1 aromatic carbocycles. The highest BCUT2D eigenvalue weighted by molar-refractivity contribution is 7.10. The summed E-state index contributed by atoms with van der Waals surface area (Å²) in [5, 5.41) is 3.86. The van der Waals surface area contributed by atoms with Crippen molar-refractivity contribution in [3.05, 3.63) is 62.9 Å². The number of aryl methyl sites for hydroxylation is 1. The normalized spacial score (nSPS) is 13.0. The molecule has 1 unspecified atom stereocenters. The van der Waals surface area contributed by atoms with Gasteiger partial charge in [-0.15, -0.1) is 11.3 Å². The van der Waals surface area contributed by atoms with E-state index in [1.807, 2.05) is 0 Å². The van der Waals surface area contributed by atoms with Gasteiger partial charge in [-0.1, -0.05) is 29.8 Å². The first-order chi connectivity index (χ1) is 10.5. The number of thiophene rings is 1. The first kappa shape index (κ1) is 15.5. The number of pyridine rings is 1. The summed E-state index contributed by atoms with van der Waals surface area (Å²) in [6.45, 7) is 5.08. The van der Waals surface area contributed by atoms with Gasteiger partial charge < -0.3 is 0 Å². The number of fused-ring (bicyclic) bond motifs is 1. The second-order valence-electron chi connectivity index (χ2n) is 5.74. The van der Waals surface area contributed by atoms with Crippen LogP contribution in [0.5, 0.6) is 0 Å². The molecule has 0 saturated heterocycles. The van der Waals surface area contributed by atoms with Crippen molar-refractivity contribution in [3.63, 3.8) is 0 Å². The van der Waals surface area contributed by atoms with Crippen molar-refractivity contribution in [2.45, 2.75) is 26.4 Å². The summed E-state index contributed by atoms with van der Waals surface area (Å²) >= 11 is 8.18. The third-order valence-electron chi connectivity index (χ3n) is 4.04. The van der Waals surface area contributed by atoms with Gasteiger partial charge in [0.15, 0.2) is 0 Å². The van der Waals surface area contributed by atoms with Crippen LogP contribution in [0.2, 0.25) is 5.15 Å². The van der Waals surface area contributed by atoms with Crippen molar-refractivity contribution in [3.8, 4) is 0 Å². The largest absolute Gasteiger partial charge is 0.294 e. The van der Waals surface area contributed by atoms with E-state index in [9.17, 15) is 0 Å². The van der Waals surface area contributed by atoms with Gasteiger partial charge in [-0.05, 0) is 50.0 Å². The Morgan fingerprint density at radius 2 is 2.09 bits per heavy atom. The van der Waals surface area contributed by atoms with Crippen LogP contribution in [0, 0.1) is 6.92 Å². The van der Waals surface area contributed by atoms with Crippen LogP contribution in [0.15, 0.2) is 41.8 Å². The molecule has 2 aromatic heterocycles. The first-order valence-electron chi connectivity index (χ1n) is 7.34. The standard InChI is InChI=1S/C18H19ClN2S/c1-12-6-7-14-10-15(18(19)20-16(14)9-12)11-21(3)13(2)17-5-4-8-22-17/h4-10,13H,11H2,1-3H3. The Labute approximate surface area is 140 Å². The van der Waals surface area contributed by atoms with E-state index in [1.165, 1.54) is 10.4 Å². The van der Waals surface area contributed by atoms with E-state index in [0.29, 0.717) is 11.2 Å². The minimum atomic E-state index is 0.366. The van der Waals surface area contributed by atoms with Crippen molar-refractivity contribution in [1.29, 1.82) is 0 Å². The Kier molecular flexibility index (Phi) is 4.48. The van der Waals surface area contributed by atoms with E-state index in [1.54, 1.807) is 11.3 Å². The smallest absolute Gasteiger partial charge is 0.134 e. The number of halogens is 1. The van der Waals surface area contributed by atoms with E-state index in [0.717, 1.165) is 23.0 Å². The van der Waals surface area contributed by atoms with E-state index in [4.69, 9.17) is 11.6 Å². The highest BCUT2D eigenvalue weighted by Gasteiger charge is 2.15. The van der Waals surface area contributed by atoms with Gasteiger partial charge in [0.05, 0.1) is 5.52 Å². The van der Waals surface area contributed by atoms with Gasteiger partial charge in [0.25, 0.3) is 0 Å². The molecule has 4 heteroatoms. The molecular formula is C18H19ClN2S. The molecule has 0 fully saturated rings. The zero-order valence-electron chi connectivity index (χ0n) is 13.0. The minimum Gasteiger partial charge on any atom is -0.294 e. The maximum Gasteiger partial charge on any atom is 0.134 e. The van der Waals surface area contributed by atoms with Crippen LogP contribution < -0.4 is 0 Å². The van der Waals surface area contributed by atoms with Gasteiger partial charge in [0, 0.05) is 28.4 Å². The molecule has 0 bridgehead atoms. The van der Waals surface area contributed by atoms with E-state index in [-0.39, 0.29) is 0 Å². The van der Waals surface area contributed by atoms with Crippen LogP contribution in [0.3, 0.4) is 0 Å². The first-order valence-corrected chi connectivity index (χ1v) is 8.60. The molecule has 114 valence electrons. The molecule has 0 saturated carbocycles. The van der Waals surface area contributed by atoms with Crippen molar-refractivity contribution in [2.75, 3.05) is 7.05 Å². The molecule has 3 rings (SSSR count). The van der Waals surface area contributed by atoms with Crippen molar-refractivity contribution in [1.82, 2.24) is 9.88 Å². The molecule has 0 spiro atoms. The number of hydrogen-bond donors (Lipinski definition) is 0. The lowest BCUT2D eigenvalue weighted by Crippen LogP contribution is -2.21. The Morgan fingerprint density at radius 1 is 1.27 bits per heavy atom. The molecule has 0 amide bonds. The fraction of sp³-hybridized carbons (Fsp3) is 0.278. The summed E-state index contributed by atoms with van der Waals surface area (Å²) < 4.78 is 0. The highest BCUT2D eigenvalue weighted by atomic mass is 35.5. The summed E-state index contributed by atoms with van der Waals surface area (Å²) in [4.78, 5) is 8.22. The van der Waals surface area contributed by atoms with E-state index < -0.39 is 0 Å². The average molecular weight is 331 g/mol. The van der Waals surface area contributed by atoms with Crippen molar-refractivity contribution >= 4 is 33.8 Å². The number of rotatable bonds is 4. The van der Waals surface area contributed by atoms with Gasteiger partial charge in [0.1, 0.15) is 5.15 Å². The van der Waals surface area contributed by atoms with Gasteiger partial charge in [-0.2, -0.15) is 0 Å². The second kappa shape index (κ2) is 6.37. The molecule has 0 radical (unpaired) electrons. The molecule has 2 heterocycles. The van der Waals surface area contributed by atoms with Crippen LogP contribution in [-0.2, 0) is 6.54 Å². The zero-order chi connectivity index (χ0) is 15.7. The summed E-state index contributed by atoms with van der Waals surface area (Å²) in [6, 6.07) is 13.1. The molecule has 22 heavy (non-hydrogen) atoms. The quantitative estimate of drug-likeness (QED) is 0.591. The summed E-state index contributed by atoms with van der Waals surface area (Å²) in [5.74, 6) is 0. The summed E-state index contributed by atoms with van der Waals surface area (Å²) in [6.07, 6.45) is 0. The third kappa shape index (κ3) is 3.17. The van der Waals surface area contributed by atoms with Crippen LogP contribution in [0.1, 0.15) is 29.0 Å². The Balaban J connectivity index is 1.87. The van der Waals surface area contributed by atoms with Gasteiger partial charge >= 0.3 is 0 Å². The second-order valence-corrected chi connectivity index (χ2v) is 7.08. The maximum absolute atomic E-state index is 6.39. The van der Waals surface area contributed by atoms with Gasteiger partial charge in [-0.3, -0.25) is 4.90 Å². The van der Waals surface area contributed by atoms with E-state index >= 15 is 0 Å².